The third-order valence-corrected chi connectivity index (χ3v) is 3.60. The Labute approximate surface area is 124 Å². The van der Waals surface area contributed by atoms with Crippen LogP contribution in [0.15, 0.2) is 12.1 Å². The van der Waals surface area contributed by atoms with E-state index in [0.717, 1.165) is 12.8 Å². The molecule has 0 heterocycles. The maximum atomic E-state index is 11.6. The third kappa shape index (κ3) is 3.58. The minimum Gasteiger partial charge on any atom is -0.496 e. The first-order chi connectivity index (χ1) is 10.1. The summed E-state index contributed by atoms with van der Waals surface area (Å²) in [6.45, 7) is 0.689. The lowest BCUT2D eigenvalue weighted by Crippen LogP contribution is -2.30. The summed E-state index contributed by atoms with van der Waals surface area (Å²) in [4.78, 5) is 11.6. The van der Waals surface area contributed by atoms with Crippen LogP contribution in [0.25, 0.3) is 0 Å². The van der Waals surface area contributed by atoms with Crippen LogP contribution in [-0.4, -0.2) is 38.9 Å². The fourth-order valence-corrected chi connectivity index (χ4v) is 2.22. The smallest absolute Gasteiger partial charge is 0.325 e. The largest absolute Gasteiger partial charge is 0.496 e. The number of ether oxygens (including phenoxy) is 3. The molecular formula is C15H21NO5. The molecule has 1 aromatic carbocycles. The summed E-state index contributed by atoms with van der Waals surface area (Å²) in [6.07, 6.45) is 2.31. The summed E-state index contributed by atoms with van der Waals surface area (Å²) in [5.41, 5.74) is 0.531. The first kappa shape index (κ1) is 15.4. The predicted molar refractivity (Wildman–Crippen MR) is 77.2 cm³/mol. The van der Waals surface area contributed by atoms with E-state index in [9.17, 15) is 9.90 Å². The van der Waals surface area contributed by atoms with Crippen LogP contribution in [0.2, 0.25) is 0 Å². The number of nitrogens with one attached hydrogen (secondary N) is 1. The van der Waals surface area contributed by atoms with Crippen LogP contribution in [0.3, 0.4) is 0 Å². The van der Waals surface area contributed by atoms with E-state index in [-0.39, 0.29) is 0 Å². The van der Waals surface area contributed by atoms with Crippen molar-refractivity contribution in [1.29, 1.82) is 0 Å². The SMILES string of the molecule is COc1cc(OC)c(C(NCC2CC2)C(=O)O)cc1OC. The van der Waals surface area contributed by atoms with E-state index < -0.39 is 12.0 Å². The first-order valence-corrected chi connectivity index (χ1v) is 6.86. The Kier molecular flexibility index (Phi) is 4.90. The number of benzene rings is 1. The van der Waals surface area contributed by atoms with Gasteiger partial charge in [0, 0.05) is 11.6 Å². The highest BCUT2D eigenvalue weighted by Crippen LogP contribution is 2.38. The van der Waals surface area contributed by atoms with Crippen LogP contribution in [0, 0.1) is 5.92 Å². The van der Waals surface area contributed by atoms with Gasteiger partial charge in [0.1, 0.15) is 11.8 Å². The Morgan fingerprint density at radius 3 is 2.24 bits per heavy atom. The highest BCUT2D eigenvalue weighted by atomic mass is 16.5. The van der Waals surface area contributed by atoms with E-state index >= 15 is 0 Å². The van der Waals surface area contributed by atoms with E-state index in [1.807, 2.05) is 0 Å². The fraction of sp³-hybridized carbons (Fsp3) is 0.533. The molecule has 0 amide bonds. The third-order valence-electron chi connectivity index (χ3n) is 3.60. The van der Waals surface area contributed by atoms with Gasteiger partial charge in [-0.15, -0.1) is 0 Å². The molecule has 2 N–H and O–H groups in total. The minimum atomic E-state index is -0.943. The summed E-state index contributed by atoms with van der Waals surface area (Å²) in [5.74, 6) is 1.08. The molecule has 1 aromatic rings. The van der Waals surface area contributed by atoms with Gasteiger partial charge in [-0.2, -0.15) is 0 Å². The zero-order chi connectivity index (χ0) is 15.4. The van der Waals surface area contributed by atoms with Crippen molar-refractivity contribution < 1.29 is 24.1 Å². The number of carboxylic acids is 1. The van der Waals surface area contributed by atoms with Gasteiger partial charge < -0.3 is 24.6 Å². The number of hydrogen-bond donors (Lipinski definition) is 2. The monoisotopic (exact) mass is 295 g/mol. The summed E-state index contributed by atoms with van der Waals surface area (Å²) in [7, 11) is 4.54. The molecule has 0 radical (unpaired) electrons. The van der Waals surface area contributed by atoms with Crippen LogP contribution in [0.4, 0.5) is 0 Å². The quantitative estimate of drug-likeness (QED) is 0.762. The molecule has 1 unspecified atom stereocenters. The van der Waals surface area contributed by atoms with E-state index in [1.54, 1.807) is 12.1 Å². The lowest BCUT2D eigenvalue weighted by molar-refractivity contribution is -0.139. The maximum absolute atomic E-state index is 11.6. The Morgan fingerprint density at radius 1 is 1.19 bits per heavy atom. The summed E-state index contributed by atoms with van der Waals surface area (Å²) in [6, 6.07) is 2.46. The number of rotatable bonds is 8. The second-order valence-electron chi connectivity index (χ2n) is 5.07. The summed E-state index contributed by atoms with van der Waals surface area (Å²) in [5, 5.41) is 12.6. The van der Waals surface area contributed by atoms with Gasteiger partial charge in [-0.25, -0.2) is 0 Å². The molecule has 116 valence electrons. The van der Waals surface area contributed by atoms with E-state index in [1.165, 1.54) is 21.3 Å². The molecule has 21 heavy (non-hydrogen) atoms. The fourth-order valence-electron chi connectivity index (χ4n) is 2.22. The van der Waals surface area contributed by atoms with E-state index in [4.69, 9.17) is 14.2 Å². The standard InChI is InChI=1S/C15H21NO5/c1-19-11-7-13(21-3)12(20-2)6-10(11)14(15(17)18)16-8-9-4-5-9/h6-7,9,14,16H,4-5,8H2,1-3H3,(H,17,18). The highest BCUT2D eigenvalue weighted by molar-refractivity contribution is 5.77. The molecule has 0 aromatic heterocycles. The number of aliphatic carboxylic acids is 1. The second kappa shape index (κ2) is 6.67. The molecule has 1 atom stereocenters. The molecule has 6 nitrogen and oxygen atoms in total. The average molecular weight is 295 g/mol. The maximum Gasteiger partial charge on any atom is 0.325 e. The van der Waals surface area contributed by atoms with Crippen LogP contribution in [0.5, 0.6) is 17.2 Å². The number of carboxylic acid groups (broad SMARTS) is 1. The van der Waals surface area contributed by atoms with Crippen molar-refractivity contribution in [1.82, 2.24) is 5.32 Å². The Balaban J connectivity index is 2.34. The minimum absolute atomic E-state index is 0.461. The van der Waals surface area contributed by atoms with Crippen molar-refractivity contribution in [2.45, 2.75) is 18.9 Å². The topological polar surface area (TPSA) is 77.0 Å². The molecule has 2 rings (SSSR count). The zero-order valence-electron chi connectivity index (χ0n) is 12.5. The van der Waals surface area contributed by atoms with Gasteiger partial charge in [-0.05, 0) is 31.4 Å². The molecule has 0 bridgehead atoms. The molecular weight excluding hydrogens is 274 g/mol. The lowest BCUT2D eigenvalue weighted by atomic mass is 10.0. The molecule has 0 spiro atoms. The number of carbonyl (C=O) groups is 1. The van der Waals surface area contributed by atoms with Crippen LogP contribution >= 0.6 is 0 Å². The molecule has 1 saturated carbocycles. The van der Waals surface area contributed by atoms with Crippen molar-refractivity contribution in [2.75, 3.05) is 27.9 Å². The van der Waals surface area contributed by atoms with Gasteiger partial charge in [-0.3, -0.25) is 4.79 Å². The van der Waals surface area contributed by atoms with Gasteiger partial charge in [0.15, 0.2) is 11.5 Å². The van der Waals surface area contributed by atoms with Crippen molar-refractivity contribution in [3.05, 3.63) is 17.7 Å². The zero-order valence-corrected chi connectivity index (χ0v) is 12.5. The van der Waals surface area contributed by atoms with Gasteiger partial charge in [0.2, 0.25) is 0 Å². The Hall–Kier alpha value is -1.95. The summed E-state index contributed by atoms with van der Waals surface area (Å²) >= 11 is 0. The predicted octanol–water partition coefficient (Wildman–Crippen LogP) is 1.84. The van der Waals surface area contributed by atoms with Crippen molar-refractivity contribution in [3.8, 4) is 17.2 Å². The van der Waals surface area contributed by atoms with Crippen molar-refractivity contribution >= 4 is 5.97 Å². The van der Waals surface area contributed by atoms with Crippen molar-refractivity contribution in [2.24, 2.45) is 5.92 Å². The van der Waals surface area contributed by atoms with Crippen molar-refractivity contribution in [3.63, 3.8) is 0 Å². The second-order valence-corrected chi connectivity index (χ2v) is 5.07. The Bertz CT molecular complexity index is 513. The first-order valence-electron chi connectivity index (χ1n) is 6.86. The summed E-state index contributed by atoms with van der Waals surface area (Å²) < 4.78 is 15.8. The molecule has 1 fully saturated rings. The molecule has 1 aliphatic rings. The number of methoxy groups -OCH3 is 3. The van der Waals surface area contributed by atoms with Crippen LogP contribution in [-0.2, 0) is 4.79 Å². The lowest BCUT2D eigenvalue weighted by Gasteiger charge is -2.20. The molecule has 6 heteroatoms. The normalized spacial score (nSPS) is 15.4. The molecule has 1 aliphatic carbocycles. The Morgan fingerprint density at radius 2 is 1.76 bits per heavy atom. The molecule has 0 aliphatic heterocycles. The van der Waals surface area contributed by atoms with Gasteiger partial charge in [0.25, 0.3) is 0 Å². The van der Waals surface area contributed by atoms with Crippen LogP contribution < -0.4 is 19.5 Å². The highest BCUT2D eigenvalue weighted by Gasteiger charge is 2.28. The number of hydrogen-bond acceptors (Lipinski definition) is 5. The van der Waals surface area contributed by atoms with Crippen LogP contribution in [0.1, 0.15) is 24.4 Å². The molecule has 0 saturated heterocycles. The van der Waals surface area contributed by atoms with E-state index in [0.29, 0.717) is 35.3 Å². The van der Waals surface area contributed by atoms with Gasteiger partial charge in [0.05, 0.1) is 21.3 Å². The average Bonchev–Trinajstić information content (AvgIpc) is 3.30. The van der Waals surface area contributed by atoms with E-state index in [2.05, 4.69) is 5.32 Å². The van der Waals surface area contributed by atoms with Gasteiger partial charge >= 0.3 is 5.97 Å². The van der Waals surface area contributed by atoms with Gasteiger partial charge in [-0.1, -0.05) is 0 Å².